The van der Waals surface area contributed by atoms with Gasteiger partial charge in [0.05, 0.1) is 19.8 Å². The monoisotopic (exact) mass is 399 g/mol. The lowest BCUT2D eigenvalue weighted by Crippen LogP contribution is -2.75. The van der Waals surface area contributed by atoms with Crippen molar-refractivity contribution in [3.63, 3.8) is 0 Å². The number of methoxy groups -OCH3 is 1. The van der Waals surface area contributed by atoms with Gasteiger partial charge < -0.3 is 14.4 Å². The Balaban J connectivity index is 0. The van der Waals surface area contributed by atoms with E-state index in [-0.39, 0.29) is 12.2 Å². The normalized spacial score (nSPS) is 15.2. The second-order valence-corrected chi connectivity index (χ2v) is 6.84. The molecule has 164 valence electrons. The molecule has 1 fully saturated rings. The highest BCUT2D eigenvalue weighted by atomic mass is 16.6. The van der Waals surface area contributed by atoms with E-state index in [1.54, 1.807) is 24.6 Å². The van der Waals surface area contributed by atoms with Gasteiger partial charge >= 0.3 is 6.09 Å². The molecule has 1 atom stereocenters. The number of likely N-dealkylation sites (tertiary alicyclic amines) is 1. The quantitative estimate of drug-likeness (QED) is 0.602. The maximum absolute atomic E-state index is 11.6. The van der Waals surface area contributed by atoms with Crippen molar-refractivity contribution in [2.75, 3.05) is 27.3 Å². The molecular weight excluding hydrogens is 356 g/mol. The number of hydrogen-bond acceptors (Lipinski definition) is 4. The highest BCUT2D eigenvalue weighted by Gasteiger charge is 2.29. The van der Waals surface area contributed by atoms with Crippen LogP contribution < -0.4 is 5.48 Å². The lowest BCUT2D eigenvalue weighted by atomic mass is 10.2. The van der Waals surface area contributed by atoms with Crippen molar-refractivity contribution in [2.45, 2.75) is 73.5 Å². The molecule has 1 saturated heterocycles. The number of benzene rings is 1. The topological polar surface area (TPSA) is 64.6 Å². The van der Waals surface area contributed by atoms with Crippen LogP contribution in [-0.4, -0.2) is 50.0 Å². The summed E-state index contributed by atoms with van der Waals surface area (Å²) in [5.41, 5.74) is 3.68. The van der Waals surface area contributed by atoms with Crippen LogP contribution in [0.3, 0.4) is 0 Å². The van der Waals surface area contributed by atoms with Gasteiger partial charge in [-0.25, -0.2) is 9.63 Å². The fourth-order valence-corrected chi connectivity index (χ4v) is 2.19. The largest absolute Gasteiger partial charge is 0.444 e. The van der Waals surface area contributed by atoms with Crippen LogP contribution in [0.15, 0.2) is 24.3 Å². The van der Waals surface area contributed by atoms with Gasteiger partial charge in [-0.15, -0.1) is 0 Å². The number of rotatable bonds is 3. The van der Waals surface area contributed by atoms with Crippen molar-refractivity contribution in [3.8, 4) is 0 Å². The maximum atomic E-state index is 11.6. The fourth-order valence-electron chi connectivity index (χ4n) is 2.19. The van der Waals surface area contributed by atoms with E-state index in [1.165, 1.54) is 5.56 Å². The summed E-state index contributed by atoms with van der Waals surface area (Å²) in [6, 6.07) is 8.17. The van der Waals surface area contributed by atoms with E-state index in [1.807, 2.05) is 60.6 Å². The summed E-state index contributed by atoms with van der Waals surface area (Å²) in [6.45, 7) is 17.0. The molecule has 0 radical (unpaired) electrons. The number of quaternary nitrogens is 1. The Bertz CT molecular complexity index is 498. The number of amides is 1. The summed E-state index contributed by atoms with van der Waals surface area (Å²) in [6.07, 6.45) is 0.829. The minimum absolute atomic E-state index is 0.169. The number of carbonyl (C=O) groups is 1. The zero-order valence-electron chi connectivity index (χ0n) is 19.7. The summed E-state index contributed by atoms with van der Waals surface area (Å²) in [5, 5.41) is 0. The van der Waals surface area contributed by atoms with Crippen molar-refractivity contribution in [1.82, 2.24) is 4.90 Å². The number of carbonyl (C=O) groups excluding carboxylic acids is 1. The van der Waals surface area contributed by atoms with Crippen LogP contribution in [0.2, 0.25) is 0 Å². The molecule has 28 heavy (non-hydrogen) atoms. The van der Waals surface area contributed by atoms with Crippen molar-refractivity contribution in [3.05, 3.63) is 29.8 Å². The molecule has 1 aromatic carbocycles. The summed E-state index contributed by atoms with van der Waals surface area (Å²) >= 11 is 0. The predicted molar refractivity (Wildman–Crippen MR) is 116 cm³/mol. The Morgan fingerprint density at radius 2 is 1.61 bits per heavy atom. The summed E-state index contributed by atoms with van der Waals surface area (Å²) < 4.78 is 10.4. The number of ether oxygens (including phenoxy) is 2. The first kappa shape index (κ1) is 28.6. The van der Waals surface area contributed by atoms with Crippen LogP contribution in [0.5, 0.6) is 0 Å². The Morgan fingerprint density at radius 1 is 1.07 bits per heavy atom. The van der Waals surface area contributed by atoms with E-state index in [0.717, 1.165) is 18.7 Å². The Hall–Kier alpha value is -1.63. The molecule has 1 unspecified atom stereocenters. The predicted octanol–water partition coefficient (Wildman–Crippen LogP) is 4.45. The third-order valence-electron chi connectivity index (χ3n) is 3.46. The Morgan fingerprint density at radius 3 is 2.00 bits per heavy atom. The number of nitrogens with zero attached hydrogens (tertiary/aromatic N) is 1. The van der Waals surface area contributed by atoms with E-state index in [9.17, 15) is 4.79 Å². The molecule has 0 bridgehead atoms. The minimum Gasteiger partial charge on any atom is -0.444 e. The smallest absolute Gasteiger partial charge is 0.410 e. The molecule has 1 amide bonds. The average molecular weight is 400 g/mol. The third kappa shape index (κ3) is 13.5. The van der Waals surface area contributed by atoms with E-state index in [0.29, 0.717) is 6.54 Å². The van der Waals surface area contributed by atoms with E-state index in [4.69, 9.17) is 14.3 Å². The highest BCUT2D eigenvalue weighted by Crippen LogP contribution is 2.16. The van der Waals surface area contributed by atoms with Gasteiger partial charge in [-0.2, -0.15) is 5.48 Å². The molecule has 1 aliphatic heterocycles. The summed E-state index contributed by atoms with van der Waals surface area (Å²) in [5.74, 6) is 0. The zero-order chi connectivity index (χ0) is 22.2. The van der Waals surface area contributed by atoms with Crippen LogP contribution in [0.4, 0.5) is 10.5 Å². The van der Waals surface area contributed by atoms with Crippen molar-refractivity contribution < 1.29 is 24.6 Å². The molecule has 0 spiro atoms. The first-order valence-electron chi connectivity index (χ1n) is 10.2. The molecule has 0 saturated carbocycles. The molecule has 6 nitrogen and oxygen atoms in total. The molecular formula is C22H43N2O4+. The molecule has 6 heteroatoms. The van der Waals surface area contributed by atoms with E-state index < -0.39 is 5.60 Å². The van der Waals surface area contributed by atoms with Crippen molar-refractivity contribution in [1.29, 1.82) is 0 Å². The third-order valence-corrected chi connectivity index (χ3v) is 3.46. The second kappa shape index (κ2) is 16.3. The highest BCUT2D eigenvalue weighted by molar-refractivity contribution is 5.68. The second-order valence-electron chi connectivity index (χ2n) is 6.84. The molecule has 1 heterocycles. The van der Waals surface area contributed by atoms with Gasteiger partial charge in [0.1, 0.15) is 5.60 Å². The van der Waals surface area contributed by atoms with Crippen LogP contribution in [-0.2, 0) is 14.3 Å². The molecule has 2 rings (SSSR count). The van der Waals surface area contributed by atoms with Gasteiger partial charge in [-0.05, 0) is 34.1 Å². The van der Waals surface area contributed by atoms with Gasteiger partial charge in [0.15, 0.2) is 5.69 Å². The van der Waals surface area contributed by atoms with Gasteiger partial charge in [0, 0.05) is 25.8 Å². The molecule has 1 aliphatic rings. The summed E-state index contributed by atoms with van der Waals surface area (Å²) in [7, 11) is 3.32. The minimum atomic E-state index is -0.414. The van der Waals surface area contributed by atoms with E-state index >= 15 is 0 Å². The van der Waals surface area contributed by atoms with Crippen LogP contribution >= 0.6 is 0 Å². The van der Waals surface area contributed by atoms with Gasteiger partial charge in [-0.3, -0.25) is 0 Å². The van der Waals surface area contributed by atoms with E-state index in [2.05, 4.69) is 19.1 Å². The lowest BCUT2D eigenvalue weighted by Gasteiger charge is -2.24. The van der Waals surface area contributed by atoms with Gasteiger partial charge in [0.25, 0.3) is 0 Å². The first-order chi connectivity index (χ1) is 13.2. The number of aryl methyl sites for hydroxylation is 1. The number of hydrogen-bond donors (Lipinski definition) is 1. The van der Waals surface area contributed by atoms with Crippen molar-refractivity contribution >= 4 is 11.8 Å². The average Bonchev–Trinajstić information content (AvgIpc) is 3.16. The molecule has 1 aromatic rings. The number of nitrogens with two attached hydrogens (primary N) is 1. The molecule has 0 aromatic heterocycles. The lowest BCUT2D eigenvalue weighted by molar-refractivity contribution is -0.830. The first-order valence-corrected chi connectivity index (χ1v) is 10.2. The molecule has 0 aliphatic carbocycles. The SMILES string of the molecule is CC.CC.COC1CCN(C(=O)OC(C)(C)C)C1.CO[NH2+]c1ccc(C)cc1. The Kier molecular flexibility index (Phi) is 16.7. The fraction of sp³-hybridized carbons (Fsp3) is 0.682. The van der Waals surface area contributed by atoms with Crippen LogP contribution in [0.25, 0.3) is 0 Å². The zero-order valence-corrected chi connectivity index (χ0v) is 19.7. The molecule has 2 N–H and O–H groups in total. The van der Waals surface area contributed by atoms with Crippen molar-refractivity contribution in [2.24, 2.45) is 0 Å². The Labute approximate surface area is 172 Å². The van der Waals surface area contributed by atoms with Crippen LogP contribution in [0, 0.1) is 6.92 Å². The van der Waals surface area contributed by atoms with Gasteiger partial charge in [-0.1, -0.05) is 45.4 Å². The van der Waals surface area contributed by atoms with Gasteiger partial charge in [0.2, 0.25) is 0 Å². The summed E-state index contributed by atoms with van der Waals surface area (Å²) in [4.78, 5) is 18.1. The maximum Gasteiger partial charge on any atom is 0.410 e. The van der Waals surface area contributed by atoms with Crippen LogP contribution in [0.1, 0.15) is 60.5 Å². The standard InChI is InChI=1S/C10H19NO3.C8H11NO.2C2H6/c1-10(2,3)14-9(12)11-6-5-8(7-11)13-4;1-7-3-5-8(6-4-7)9-10-2;2*1-2/h8H,5-7H2,1-4H3;3-6,9H,1-2H3;2*1-2H3/p+1.